The lowest BCUT2D eigenvalue weighted by atomic mass is 9.97. The molecule has 0 bridgehead atoms. The van der Waals surface area contributed by atoms with E-state index in [4.69, 9.17) is 0 Å². The lowest BCUT2D eigenvalue weighted by Gasteiger charge is -2.33. The molecule has 0 spiro atoms. The Bertz CT molecular complexity index is 1050. The summed E-state index contributed by atoms with van der Waals surface area (Å²) in [6, 6.07) is 22.2. The first-order valence-corrected chi connectivity index (χ1v) is 10.3. The molecule has 4 rings (SSSR count). The van der Waals surface area contributed by atoms with Gasteiger partial charge in [0.1, 0.15) is 5.75 Å². The number of benzene rings is 3. The zero-order valence-electron chi connectivity index (χ0n) is 17.1. The molecule has 3 aromatic carbocycles. The Kier molecular flexibility index (Phi) is 6.19. The number of aliphatic hydroxyl groups is 1. The van der Waals surface area contributed by atoms with E-state index in [-0.39, 0.29) is 24.3 Å². The first-order valence-electron chi connectivity index (χ1n) is 10.3. The van der Waals surface area contributed by atoms with E-state index >= 15 is 0 Å². The summed E-state index contributed by atoms with van der Waals surface area (Å²) < 4.78 is 40.9. The molecule has 1 saturated heterocycles. The van der Waals surface area contributed by atoms with Crippen molar-refractivity contribution in [3.05, 3.63) is 90.0 Å². The summed E-state index contributed by atoms with van der Waals surface area (Å²) >= 11 is 0. The fourth-order valence-electron chi connectivity index (χ4n) is 4.20. The van der Waals surface area contributed by atoms with Gasteiger partial charge in [-0.1, -0.05) is 66.7 Å². The number of halogens is 3. The number of alkyl halides is 3. The van der Waals surface area contributed by atoms with Gasteiger partial charge < -0.3 is 14.7 Å². The van der Waals surface area contributed by atoms with Crippen LogP contribution >= 0.6 is 0 Å². The molecule has 0 aliphatic carbocycles. The van der Waals surface area contributed by atoms with Gasteiger partial charge in [-0.05, 0) is 40.8 Å². The molecule has 3 aromatic rings. The standard InChI is InChI=1S/C25H22F3NO3/c26-25(27,28)32-21-12-10-18(11-13-21)17-6-8-20(9-7-17)22-14-15-24(31)29(22)23(16-30)19-4-2-1-3-5-19/h1-13,22-23,30H,14-16H2. The zero-order valence-corrected chi connectivity index (χ0v) is 17.1. The molecule has 166 valence electrons. The highest BCUT2D eigenvalue weighted by atomic mass is 19.4. The number of hydrogen-bond acceptors (Lipinski definition) is 3. The quantitative estimate of drug-likeness (QED) is 0.538. The van der Waals surface area contributed by atoms with Gasteiger partial charge in [0, 0.05) is 6.42 Å². The second-order valence-electron chi connectivity index (χ2n) is 7.66. The second-order valence-corrected chi connectivity index (χ2v) is 7.66. The van der Waals surface area contributed by atoms with Crippen LogP contribution in [0, 0.1) is 0 Å². The first-order chi connectivity index (χ1) is 15.4. The molecular weight excluding hydrogens is 419 g/mol. The molecule has 2 atom stereocenters. The summed E-state index contributed by atoms with van der Waals surface area (Å²) in [6.45, 7) is -0.170. The van der Waals surface area contributed by atoms with Crippen LogP contribution in [0.5, 0.6) is 5.75 Å². The molecule has 1 aliphatic rings. The zero-order chi connectivity index (χ0) is 22.7. The maximum atomic E-state index is 12.7. The van der Waals surface area contributed by atoms with Crippen LogP contribution in [0.25, 0.3) is 11.1 Å². The number of carbonyl (C=O) groups excluding carboxylic acids is 1. The van der Waals surface area contributed by atoms with Crippen molar-refractivity contribution >= 4 is 5.91 Å². The van der Waals surface area contributed by atoms with Crippen LogP contribution in [0.2, 0.25) is 0 Å². The van der Waals surface area contributed by atoms with Gasteiger partial charge in [0.25, 0.3) is 0 Å². The molecule has 4 nitrogen and oxygen atoms in total. The summed E-state index contributed by atoms with van der Waals surface area (Å²) in [4.78, 5) is 14.4. The molecular formula is C25H22F3NO3. The van der Waals surface area contributed by atoms with Crippen molar-refractivity contribution < 1.29 is 27.8 Å². The van der Waals surface area contributed by atoms with Gasteiger partial charge in [0.05, 0.1) is 18.7 Å². The number of hydrogen-bond donors (Lipinski definition) is 1. The minimum Gasteiger partial charge on any atom is -0.406 e. The minimum atomic E-state index is -4.72. The van der Waals surface area contributed by atoms with Gasteiger partial charge in [0.2, 0.25) is 5.91 Å². The van der Waals surface area contributed by atoms with Crippen LogP contribution in [0.15, 0.2) is 78.9 Å². The molecule has 1 heterocycles. The fraction of sp³-hybridized carbons (Fsp3) is 0.240. The number of aliphatic hydroxyl groups excluding tert-OH is 1. The topological polar surface area (TPSA) is 49.8 Å². The summed E-state index contributed by atoms with van der Waals surface area (Å²) in [5, 5.41) is 10.0. The molecule has 0 saturated carbocycles. The molecule has 1 amide bonds. The monoisotopic (exact) mass is 441 g/mol. The van der Waals surface area contributed by atoms with Gasteiger partial charge in [-0.25, -0.2) is 0 Å². The van der Waals surface area contributed by atoms with E-state index in [1.807, 2.05) is 54.6 Å². The van der Waals surface area contributed by atoms with Crippen molar-refractivity contribution in [1.82, 2.24) is 4.90 Å². The van der Waals surface area contributed by atoms with Gasteiger partial charge in [-0.2, -0.15) is 0 Å². The normalized spacial score (nSPS) is 17.4. The highest BCUT2D eigenvalue weighted by molar-refractivity contribution is 5.80. The number of rotatable bonds is 6. The molecule has 7 heteroatoms. The number of amides is 1. The van der Waals surface area contributed by atoms with E-state index in [0.29, 0.717) is 12.8 Å². The van der Waals surface area contributed by atoms with Crippen LogP contribution in [-0.4, -0.2) is 28.9 Å². The van der Waals surface area contributed by atoms with Gasteiger partial charge >= 0.3 is 6.36 Å². The fourth-order valence-corrected chi connectivity index (χ4v) is 4.20. The second kappa shape index (κ2) is 9.04. The van der Waals surface area contributed by atoms with Gasteiger partial charge in [-0.3, -0.25) is 4.79 Å². The first kappa shape index (κ1) is 21.9. The van der Waals surface area contributed by atoms with Gasteiger partial charge in [-0.15, -0.1) is 13.2 Å². The van der Waals surface area contributed by atoms with E-state index in [1.54, 1.807) is 17.0 Å². The number of ether oxygens (including phenoxy) is 1. The van der Waals surface area contributed by atoms with Crippen molar-refractivity contribution in [2.75, 3.05) is 6.61 Å². The Labute approximate surface area is 183 Å². The molecule has 1 aliphatic heterocycles. The predicted octanol–water partition coefficient (Wildman–Crippen LogP) is 5.65. The lowest BCUT2D eigenvalue weighted by molar-refractivity contribution is -0.274. The van der Waals surface area contributed by atoms with Crippen LogP contribution in [0.1, 0.15) is 36.1 Å². The Morgan fingerprint density at radius 1 is 0.938 bits per heavy atom. The maximum Gasteiger partial charge on any atom is 0.573 e. The SMILES string of the molecule is O=C1CCC(c2ccc(-c3ccc(OC(F)(F)F)cc3)cc2)N1C(CO)c1ccccc1. The maximum absolute atomic E-state index is 12.7. The van der Waals surface area contributed by atoms with Crippen LogP contribution in [0.4, 0.5) is 13.2 Å². The summed E-state index contributed by atoms with van der Waals surface area (Å²) in [7, 11) is 0. The molecule has 1 N–H and O–H groups in total. The summed E-state index contributed by atoms with van der Waals surface area (Å²) in [5.41, 5.74) is 3.42. The van der Waals surface area contributed by atoms with E-state index in [1.165, 1.54) is 12.1 Å². The van der Waals surface area contributed by atoms with Crippen molar-refractivity contribution in [3.8, 4) is 16.9 Å². The Morgan fingerprint density at radius 2 is 1.53 bits per heavy atom. The Morgan fingerprint density at radius 3 is 2.09 bits per heavy atom. The molecule has 0 aromatic heterocycles. The minimum absolute atomic E-state index is 0.00207. The van der Waals surface area contributed by atoms with Crippen LogP contribution in [-0.2, 0) is 4.79 Å². The Balaban J connectivity index is 1.54. The average Bonchev–Trinajstić information content (AvgIpc) is 3.16. The summed E-state index contributed by atoms with van der Waals surface area (Å²) in [5.74, 6) is -0.267. The summed E-state index contributed by atoms with van der Waals surface area (Å²) in [6.07, 6.45) is -3.65. The highest BCUT2D eigenvalue weighted by Gasteiger charge is 2.37. The Hall–Kier alpha value is -3.32. The van der Waals surface area contributed by atoms with Crippen molar-refractivity contribution in [1.29, 1.82) is 0 Å². The third kappa shape index (κ3) is 4.78. The third-order valence-corrected chi connectivity index (χ3v) is 5.67. The van der Waals surface area contributed by atoms with Crippen LogP contribution < -0.4 is 4.74 Å². The van der Waals surface area contributed by atoms with Crippen LogP contribution in [0.3, 0.4) is 0 Å². The smallest absolute Gasteiger partial charge is 0.406 e. The number of carbonyl (C=O) groups is 1. The highest BCUT2D eigenvalue weighted by Crippen LogP contribution is 2.40. The number of likely N-dealkylation sites (tertiary alicyclic amines) is 1. The molecule has 1 fully saturated rings. The number of nitrogens with zero attached hydrogens (tertiary/aromatic N) is 1. The average molecular weight is 441 g/mol. The molecule has 2 unspecified atom stereocenters. The molecule has 0 radical (unpaired) electrons. The van der Waals surface area contributed by atoms with E-state index in [2.05, 4.69) is 4.74 Å². The van der Waals surface area contributed by atoms with Crippen molar-refractivity contribution in [2.45, 2.75) is 31.3 Å². The third-order valence-electron chi connectivity index (χ3n) is 5.67. The van der Waals surface area contributed by atoms with Crippen molar-refractivity contribution in [3.63, 3.8) is 0 Å². The van der Waals surface area contributed by atoms with E-state index in [9.17, 15) is 23.1 Å². The molecule has 32 heavy (non-hydrogen) atoms. The lowest BCUT2D eigenvalue weighted by Crippen LogP contribution is -2.34. The van der Waals surface area contributed by atoms with Gasteiger partial charge in [0.15, 0.2) is 0 Å². The van der Waals surface area contributed by atoms with E-state index < -0.39 is 12.4 Å². The largest absolute Gasteiger partial charge is 0.573 e. The van der Waals surface area contributed by atoms with Crippen molar-refractivity contribution in [2.24, 2.45) is 0 Å². The predicted molar refractivity (Wildman–Crippen MR) is 114 cm³/mol. The van der Waals surface area contributed by atoms with E-state index in [0.717, 1.165) is 22.3 Å².